The van der Waals surface area contributed by atoms with Crippen molar-refractivity contribution < 1.29 is 14.4 Å². The van der Waals surface area contributed by atoms with E-state index < -0.39 is 0 Å². The van der Waals surface area contributed by atoms with Gasteiger partial charge in [-0.3, -0.25) is 19.3 Å². The lowest BCUT2D eigenvalue weighted by molar-refractivity contribution is -0.116. The summed E-state index contributed by atoms with van der Waals surface area (Å²) in [5, 5.41) is 2.81. The lowest BCUT2D eigenvalue weighted by Crippen LogP contribution is -2.32. The fourth-order valence-electron chi connectivity index (χ4n) is 3.01. The molecular weight excluding hydrogens is 328 g/mol. The zero-order valence-corrected chi connectivity index (χ0v) is 15.0. The number of nitrogens with zero attached hydrogens (tertiary/aromatic N) is 1. The quantitative estimate of drug-likeness (QED) is 0.805. The number of rotatable bonds is 6. The maximum Gasteiger partial charge on any atom is 0.261 e. The third kappa shape index (κ3) is 3.52. The third-order valence-corrected chi connectivity index (χ3v) is 4.82. The van der Waals surface area contributed by atoms with Crippen LogP contribution in [0.5, 0.6) is 0 Å². The van der Waals surface area contributed by atoms with Gasteiger partial charge in [-0.2, -0.15) is 0 Å². The molecule has 0 radical (unpaired) electrons. The number of carbonyl (C=O) groups is 3. The van der Waals surface area contributed by atoms with Crippen molar-refractivity contribution in [3.63, 3.8) is 0 Å². The summed E-state index contributed by atoms with van der Waals surface area (Å²) in [7, 11) is 0. The van der Waals surface area contributed by atoms with Gasteiger partial charge in [-0.15, -0.1) is 0 Å². The molecule has 5 heteroatoms. The minimum Gasteiger partial charge on any atom is -0.326 e. The number of carbonyl (C=O) groups excluding carboxylic acids is 3. The smallest absolute Gasteiger partial charge is 0.261 e. The maximum absolute atomic E-state index is 12.3. The molecule has 0 aliphatic carbocycles. The topological polar surface area (TPSA) is 66.5 Å². The van der Waals surface area contributed by atoms with Gasteiger partial charge < -0.3 is 5.32 Å². The Kier molecular flexibility index (Phi) is 5.16. The summed E-state index contributed by atoms with van der Waals surface area (Å²) >= 11 is 0. The normalized spacial score (nSPS) is 14.3. The van der Waals surface area contributed by atoms with Crippen molar-refractivity contribution >= 4 is 23.4 Å². The zero-order valence-electron chi connectivity index (χ0n) is 15.0. The number of nitrogens with one attached hydrogen (secondary N) is 1. The van der Waals surface area contributed by atoms with Crippen molar-refractivity contribution in [3.05, 3.63) is 65.2 Å². The SMILES string of the molecule is CC[C@@H](C)c1ccc(NC(=O)CCN2C(=O)c3ccccc3C2=O)cc1. The predicted octanol–water partition coefficient (Wildman–Crippen LogP) is 3.82. The summed E-state index contributed by atoms with van der Waals surface area (Å²) in [6, 6.07) is 14.5. The van der Waals surface area contributed by atoms with Crippen molar-refractivity contribution in [3.8, 4) is 0 Å². The first-order valence-corrected chi connectivity index (χ1v) is 8.86. The van der Waals surface area contributed by atoms with E-state index in [1.165, 1.54) is 5.56 Å². The van der Waals surface area contributed by atoms with Crippen LogP contribution in [0.1, 0.15) is 58.9 Å². The molecule has 0 fully saturated rings. The third-order valence-electron chi connectivity index (χ3n) is 4.82. The van der Waals surface area contributed by atoms with E-state index in [4.69, 9.17) is 0 Å². The molecule has 2 aromatic rings. The van der Waals surface area contributed by atoms with Crippen LogP contribution in [-0.4, -0.2) is 29.2 Å². The molecule has 3 amide bonds. The monoisotopic (exact) mass is 350 g/mol. The molecule has 1 aliphatic heterocycles. The average molecular weight is 350 g/mol. The van der Waals surface area contributed by atoms with Gasteiger partial charge in [-0.25, -0.2) is 0 Å². The van der Waals surface area contributed by atoms with E-state index in [-0.39, 0.29) is 30.7 Å². The van der Waals surface area contributed by atoms with E-state index in [0.29, 0.717) is 22.7 Å². The molecule has 0 spiro atoms. The van der Waals surface area contributed by atoms with Crippen LogP contribution < -0.4 is 5.32 Å². The number of hydrogen-bond acceptors (Lipinski definition) is 3. The van der Waals surface area contributed by atoms with E-state index >= 15 is 0 Å². The second kappa shape index (κ2) is 7.52. The first-order valence-electron chi connectivity index (χ1n) is 8.86. The van der Waals surface area contributed by atoms with E-state index in [0.717, 1.165) is 11.3 Å². The Morgan fingerprint density at radius 2 is 1.58 bits per heavy atom. The number of imide groups is 1. The zero-order chi connectivity index (χ0) is 18.7. The van der Waals surface area contributed by atoms with Gasteiger partial charge in [-0.05, 0) is 42.2 Å². The first-order chi connectivity index (χ1) is 12.5. The van der Waals surface area contributed by atoms with Gasteiger partial charge in [0.25, 0.3) is 11.8 Å². The molecule has 5 nitrogen and oxygen atoms in total. The van der Waals surface area contributed by atoms with Crippen molar-refractivity contribution in [2.45, 2.75) is 32.6 Å². The molecule has 0 bridgehead atoms. The molecule has 1 atom stereocenters. The number of hydrogen-bond donors (Lipinski definition) is 1. The molecule has 0 saturated carbocycles. The molecule has 3 rings (SSSR count). The molecule has 2 aromatic carbocycles. The Balaban J connectivity index is 1.57. The van der Waals surface area contributed by atoms with Crippen molar-refractivity contribution in [1.29, 1.82) is 0 Å². The van der Waals surface area contributed by atoms with Crippen LogP contribution in [0.2, 0.25) is 0 Å². The summed E-state index contributed by atoms with van der Waals surface area (Å²) in [6.45, 7) is 4.37. The Morgan fingerprint density at radius 1 is 1.00 bits per heavy atom. The summed E-state index contributed by atoms with van der Waals surface area (Å²) in [6.07, 6.45) is 1.13. The Hall–Kier alpha value is -2.95. The summed E-state index contributed by atoms with van der Waals surface area (Å²) < 4.78 is 0. The second-order valence-corrected chi connectivity index (χ2v) is 6.54. The van der Waals surface area contributed by atoms with Crippen molar-refractivity contribution in [1.82, 2.24) is 4.90 Å². The number of fused-ring (bicyclic) bond motifs is 1. The van der Waals surface area contributed by atoms with E-state index in [1.54, 1.807) is 24.3 Å². The van der Waals surface area contributed by atoms with Crippen molar-refractivity contribution in [2.24, 2.45) is 0 Å². The predicted molar refractivity (Wildman–Crippen MR) is 100 cm³/mol. The van der Waals surface area contributed by atoms with Gasteiger partial charge in [0.05, 0.1) is 11.1 Å². The number of amides is 3. The van der Waals surface area contributed by atoms with Crippen molar-refractivity contribution in [2.75, 3.05) is 11.9 Å². The van der Waals surface area contributed by atoms with Crippen LogP contribution in [0.4, 0.5) is 5.69 Å². The highest BCUT2D eigenvalue weighted by atomic mass is 16.2. The molecule has 0 aromatic heterocycles. The minimum absolute atomic E-state index is 0.0680. The van der Waals surface area contributed by atoms with Gasteiger partial charge in [0, 0.05) is 18.7 Å². The summed E-state index contributed by atoms with van der Waals surface area (Å²) in [5.74, 6) is -0.418. The lowest BCUT2D eigenvalue weighted by atomic mass is 9.99. The van der Waals surface area contributed by atoms with E-state index in [1.807, 2.05) is 24.3 Å². The van der Waals surface area contributed by atoms with Crippen LogP contribution in [0, 0.1) is 0 Å². The molecule has 1 heterocycles. The molecule has 134 valence electrons. The molecule has 1 N–H and O–H groups in total. The second-order valence-electron chi connectivity index (χ2n) is 6.54. The molecule has 26 heavy (non-hydrogen) atoms. The standard InChI is InChI=1S/C21H22N2O3/c1-3-14(2)15-8-10-16(11-9-15)22-19(24)12-13-23-20(25)17-6-4-5-7-18(17)21(23)26/h4-11,14H,3,12-13H2,1-2H3,(H,22,24)/t14-/m1/s1. The van der Waals surface area contributed by atoms with Gasteiger partial charge in [0.2, 0.25) is 5.91 Å². The Labute approximate surface area is 153 Å². The number of benzene rings is 2. The van der Waals surface area contributed by atoms with Gasteiger partial charge >= 0.3 is 0 Å². The van der Waals surface area contributed by atoms with E-state index in [2.05, 4.69) is 19.2 Å². The van der Waals surface area contributed by atoms with Gasteiger partial charge in [0.15, 0.2) is 0 Å². The highest BCUT2D eigenvalue weighted by molar-refractivity contribution is 6.21. The van der Waals surface area contributed by atoms with Crippen LogP contribution in [-0.2, 0) is 4.79 Å². The molecule has 1 aliphatic rings. The first kappa shape index (κ1) is 17.9. The maximum atomic E-state index is 12.3. The average Bonchev–Trinajstić information content (AvgIpc) is 2.91. The van der Waals surface area contributed by atoms with Crippen LogP contribution in [0.3, 0.4) is 0 Å². The van der Waals surface area contributed by atoms with Crippen LogP contribution in [0.15, 0.2) is 48.5 Å². The summed E-state index contributed by atoms with van der Waals surface area (Å²) in [4.78, 5) is 37.9. The Bertz CT molecular complexity index is 808. The minimum atomic E-state index is -0.337. The van der Waals surface area contributed by atoms with Crippen LogP contribution >= 0.6 is 0 Å². The molecule has 0 unspecified atom stereocenters. The van der Waals surface area contributed by atoms with Gasteiger partial charge in [-0.1, -0.05) is 38.1 Å². The fourth-order valence-corrected chi connectivity index (χ4v) is 3.01. The fraction of sp³-hybridized carbons (Fsp3) is 0.286. The molecular formula is C21H22N2O3. The Morgan fingerprint density at radius 3 is 2.12 bits per heavy atom. The van der Waals surface area contributed by atoms with Gasteiger partial charge in [0.1, 0.15) is 0 Å². The largest absolute Gasteiger partial charge is 0.326 e. The molecule has 0 saturated heterocycles. The highest BCUT2D eigenvalue weighted by Gasteiger charge is 2.34. The summed E-state index contributed by atoms with van der Waals surface area (Å²) in [5.41, 5.74) is 2.75. The highest BCUT2D eigenvalue weighted by Crippen LogP contribution is 2.23. The number of anilines is 1. The van der Waals surface area contributed by atoms with Crippen LogP contribution in [0.25, 0.3) is 0 Å². The lowest BCUT2D eigenvalue weighted by Gasteiger charge is -2.14. The van der Waals surface area contributed by atoms with E-state index in [9.17, 15) is 14.4 Å².